The Labute approximate surface area is 159 Å². The standard InChI is InChI=1S/C18H15N3O5S/c1-25-14-8-3-11(9-15(14)26-2)10-16-17(20-18(22)27-16)19-12-4-6-13(7-5-12)21(23)24/h3-10H,1-2H3,(H,19,20,22)/b16-10-. The predicted octanol–water partition coefficient (Wildman–Crippen LogP) is 4.14. The molecule has 1 aliphatic heterocycles. The van der Waals surface area contributed by atoms with Crippen molar-refractivity contribution in [2.24, 2.45) is 4.99 Å². The number of non-ortho nitro benzene ring substituents is 1. The second kappa shape index (κ2) is 7.92. The lowest BCUT2D eigenvalue weighted by molar-refractivity contribution is -0.384. The van der Waals surface area contributed by atoms with Crippen LogP contribution < -0.4 is 14.8 Å². The van der Waals surface area contributed by atoms with E-state index in [4.69, 9.17) is 9.47 Å². The van der Waals surface area contributed by atoms with E-state index >= 15 is 0 Å². The largest absolute Gasteiger partial charge is 0.493 e. The minimum atomic E-state index is -0.480. The Balaban J connectivity index is 1.93. The van der Waals surface area contributed by atoms with Crippen molar-refractivity contribution in [1.82, 2.24) is 5.32 Å². The van der Waals surface area contributed by atoms with Crippen LogP contribution in [0.3, 0.4) is 0 Å². The molecule has 2 aromatic carbocycles. The van der Waals surface area contributed by atoms with E-state index in [2.05, 4.69) is 10.3 Å². The van der Waals surface area contributed by atoms with E-state index in [-0.39, 0.29) is 10.9 Å². The van der Waals surface area contributed by atoms with Crippen molar-refractivity contribution in [3.05, 3.63) is 63.0 Å². The fraction of sp³-hybridized carbons (Fsp3) is 0.111. The van der Waals surface area contributed by atoms with Gasteiger partial charge in [0, 0.05) is 12.1 Å². The van der Waals surface area contributed by atoms with Gasteiger partial charge in [0.15, 0.2) is 11.5 Å². The molecule has 9 heteroatoms. The third-order valence-corrected chi connectivity index (χ3v) is 4.48. The van der Waals surface area contributed by atoms with Crippen LogP contribution in [0.25, 0.3) is 6.08 Å². The van der Waals surface area contributed by atoms with Crippen LogP contribution in [0, 0.1) is 10.1 Å². The molecule has 0 spiro atoms. The average molecular weight is 385 g/mol. The second-order valence-electron chi connectivity index (χ2n) is 5.37. The average Bonchev–Trinajstić information content (AvgIpc) is 3.00. The summed E-state index contributed by atoms with van der Waals surface area (Å²) >= 11 is 1.02. The van der Waals surface area contributed by atoms with Crippen LogP contribution >= 0.6 is 11.8 Å². The fourth-order valence-corrected chi connectivity index (χ4v) is 3.12. The van der Waals surface area contributed by atoms with E-state index in [1.165, 1.54) is 24.3 Å². The number of aliphatic imine (C=N–C) groups is 1. The van der Waals surface area contributed by atoms with Gasteiger partial charge in [0.25, 0.3) is 10.9 Å². The van der Waals surface area contributed by atoms with Crippen molar-refractivity contribution < 1.29 is 19.2 Å². The Hall–Kier alpha value is -3.33. The molecule has 0 unspecified atom stereocenters. The highest BCUT2D eigenvalue weighted by Gasteiger charge is 2.23. The lowest BCUT2D eigenvalue weighted by atomic mass is 10.2. The number of carbonyl (C=O) groups is 1. The number of thioether (sulfide) groups is 1. The van der Waals surface area contributed by atoms with Gasteiger partial charge in [-0.3, -0.25) is 14.9 Å². The number of nitro groups is 1. The number of nitro benzene ring substituents is 1. The highest BCUT2D eigenvalue weighted by atomic mass is 32.2. The molecule has 1 fully saturated rings. The zero-order chi connectivity index (χ0) is 19.4. The molecule has 1 N–H and O–H groups in total. The first kappa shape index (κ1) is 18.5. The number of methoxy groups -OCH3 is 2. The zero-order valence-corrected chi connectivity index (χ0v) is 15.3. The summed E-state index contributed by atoms with van der Waals surface area (Å²) in [5.74, 6) is 1.56. The molecule has 1 heterocycles. The maximum absolute atomic E-state index is 11.8. The SMILES string of the molecule is COc1ccc(/C=C2\SC(=O)NC2=Nc2ccc([N+](=O)[O-])cc2)cc1OC. The van der Waals surface area contributed by atoms with Gasteiger partial charge in [-0.15, -0.1) is 0 Å². The Bertz CT molecular complexity index is 954. The monoisotopic (exact) mass is 385 g/mol. The first-order valence-corrected chi connectivity index (χ1v) is 8.58. The highest BCUT2D eigenvalue weighted by Crippen LogP contribution is 2.32. The topological polar surface area (TPSA) is 103 Å². The molecule has 1 aliphatic rings. The zero-order valence-electron chi connectivity index (χ0n) is 14.5. The van der Waals surface area contributed by atoms with Crippen molar-refractivity contribution in [1.29, 1.82) is 0 Å². The molecule has 3 rings (SSSR count). The summed E-state index contributed by atoms with van der Waals surface area (Å²) < 4.78 is 10.5. The minimum Gasteiger partial charge on any atom is -0.493 e. The minimum absolute atomic E-state index is 0.0233. The summed E-state index contributed by atoms with van der Waals surface area (Å²) in [6.45, 7) is 0. The summed E-state index contributed by atoms with van der Waals surface area (Å²) in [7, 11) is 3.10. The van der Waals surface area contributed by atoms with Gasteiger partial charge < -0.3 is 14.8 Å². The number of amidine groups is 1. The Morgan fingerprint density at radius 1 is 1.11 bits per heavy atom. The van der Waals surface area contributed by atoms with Crippen LogP contribution in [0.1, 0.15) is 5.56 Å². The Morgan fingerprint density at radius 2 is 1.81 bits per heavy atom. The van der Waals surface area contributed by atoms with Gasteiger partial charge in [-0.05, 0) is 47.7 Å². The van der Waals surface area contributed by atoms with Gasteiger partial charge in [-0.2, -0.15) is 0 Å². The van der Waals surface area contributed by atoms with E-state index in [0.29, 0.717) is 27.9 Å². The predicted molar refractivity (Wildman–Crippen MR) is 104 cm³/mol. The summed E-state index contributed by atoms with van der Waals surface area (Å²) in [4.78, 5) is 27.1. The van der Waals surface area contributed by atoms with Crippen LogP contribution in [-0.2, 0) is 0 Å². The lowest BCUT2D eigenvalue weighted by Crippen LogP contribution is -2.18. The quantitative estimate of drug-likeness (QED) is 0.613. The Kier molecular flexibility index (Phi) is 5.41. The number of hydrogen-bond donors (Lipinski definition) is 1. The van der Waals surface area contributed by atoms with Gasteiger partial charge in [-0.25, -0.2) is 4.99 Å². The van der Waals surface area contributed by atoms with Crippen molar-refractivity contribution in [3.8, 4) is 11.5 Å². The molecule has 0 aromatic heterocycles. The first-order valence-electron chi connectivity index (χ1n) is 7.76. The van der Waals surface area contributed by atoms with E-state index in [1.54, 1.807) is 32.4 Å². The van der Waals surface area contributed by atoms with E-state index in [9.17, 15) is 14.9 Å². The third-order valence-electron chi connectivity index (χ3n) is 3.66. The molecule has 27 heavy (non-hydrogen) atoms. The fourth-order valence-electron chi connectivity index (χ4n) is 2.38. The molecule has 0 aliphatic carbocycles. The molecular weight excluding hydrogens is 370 g/mol. The summed E-state index contributed by atoms with van der Waals surface area (Å²) in [6.07, 6.45) is 1.80. The van der Waals surface area contributed by atoms with Crippen LogP contribution in [0.4, 0.5) is 16.2 Å². The molecule has 2 aromatic rings. The van der Waals surface area contributed by atoms with E-state index in [1.807, 2.05) is 6.07 Å². The molecular formula is C18H15N3O5S. The lowest BCUT2D eigenvalue weighted by Gasteiger charge is -2.08. The number of hydrogen-bond acceptors (Lipinski definition) is 7. The van der Waals surface area contributed by atoms with Gasteiger partial charge in [-0.1, -0.05) is 6.07 Å². The van der Waals surface area contributed by atoms with Gasteiger partial charge >= 0.3 is 0 Å². The molecule has 138 valence electrons. The van der Waals surface area contributed by atoms with Crippen molar-refractivity contribution in [3.63, 3.8) is 0 Å². The summed E-state index contributed by atoms with van der Waals surface area (Å²) in [6, 6.07) is 11.2. The molecule has 0 atom stereocenters. The maximum atomic E-state index is 11.8. The normalized spacial score (nSPS) is 16.4. The number of carbonyl (C=O) groups excluding carboxylic acids is 1. The van der Waals surface area contributed by atoms with Crippen LogP contribution in [0.2, 0.25) is 0 Å². The van der Waals surface area contributed by atoms with Crippen molar-refractivity contribution in [2.75, 3.05) is 14.2 Å². The molecule has 1 amide bonds. The van der Waals surface area contributed by atoms with Gasteiger partial charge in [0.2, 0.25) is 0 Å². The smallest absolute Gasteiger partial charge is 0.289 e. The van der Waals surface area contributed by atoms with Gasteiger partial charge in [0.05, 0.1) is 29.7 Å². The molecule has 0 saturated carbocycles. The van der Waals surface area contributed by atoms with Crippen LogP contribution in [0.15, 0.2) is 52.4 Å². The first-order chi connectivity index (χ1) is 13.0. The van der Waals surface area contributed by atoms with Crippen molar-refractivity contribution in [2.45, 2.75) is 0 Å². The Morgan fingerprint density at radius 3 is 2.44 bits per heavy atom. The number of benzene rings is 2. The summed E-state index contributed by atoms with van der Waals surface area (Å²) in [5.41, 5.74) is 1.28. The number of nitrogens with one attached hydrogen (secondary N) is 1. The highest BCUT2D eigenvalue weighted by molar-refractivity contribution is 8.18. The molecule has 1 saturated heterocycles. The van der Waals surface area contributed by atoms with E-state index in [0.717, 1.165) is 17.3 Å². The third kappa shape index (κ3) is 4.26. The summed E-state index contributed by atoms with van der Waals surface area (Å²) in [5, 5.41) is 13.2. The molecule has 0 radical (unpaired) electrons. The van der Waals surface area contributed by atoms with Crippen LogP contribution in [0.5, 0.6) is 11.5 Å². The number of nitrogens with zero attached hydrogens (tertiary/aromatic N) is 2. The van der Waals surface area contributed by atoms with E-state index < -0.39 is 4.92 Å². The maximum Gasteiger partial charge on any atom is 0.289 e. The molecule has 0 bridgehead atoms. The van der Waals surface area contributed by atoms with Crippen molar-refractivity contribution >= 4 is 40.3 Å². The number of ether oxygens (including phenoxy) is 2. The van der Waals surface area contributed by atoms with Gasteiger partial charge in [0.1, 0.15) is 5.84 Å². The molecule has 8 nitrogen and oxygen atoms in total. The second-order valence-corrected chi connectivity index (χ2v) is 6.39. The number of amides is 1. The van der Waals surface area contributed by atoms with Crippen LogP contribution in [-0.4, -0.2) is 30.2 Å². The number of rotatable bonds is 5.